The molecule has 2 heterocycles. The van der Waals surface area contributed by atoms with Crippen molar-refractivity contribution in [2.45, 2.75) is 51.6 Å². The Morgan fingerprint density at radius 1 is 1.21 bits per heavy atom. The van der Waals surface area contributed by atoms with Gasteiger partial charge in [0.1, 0.15) is 6.10 Å². The first-order chi connectivity index (χ1) is 6.56. The van der Waals surface area contributed by atoms with Crippen LogP contribution in [0.4, 0.5) is 0 Å². The van der Waals surface area contributed by atoms with Crippen LogP contribution in [-0.2, 0) is 9.47 Å². The molecule has 2 aliphatic heterocycles. The minimum Gasteiger partial charge on any atom is -0.344 e. The monoisotopic (exact) mass is 199 g/mol. The van der Waals surface area contributed by atoms with E-state index in [0.29, 0.717) is 12.0 Å². The normalized spacial score (nSPS) is 34.5. The minimum atomic E-state index is -0.0771. The topological polar surface area (TPSA) is 33.8 Å². The number of hydrogen-bond donors (Lipinski definition) is 1. The lowest BCUT2D eigenvalue weighted by Crippen LogP contribution is -2.32. The van der Waals surface area contributed by atoms with Crippen molar-refractivity contribution in [2.75, 3.05) is 13.1 Å². The summed E-state index contributed by atoms with van der Waals surface area (Å²) < 4.78 is 11.4. The molecule has 82 valence electrons. The maximum absolute atomic E-state index is 5.77. The molecule has 0 aliphatic carbocycles. The van der Waals surface area contributed by atoms with E-state index in [-0.39, 0.29) is 11.9 Å². The van der Waals surface area contributed by atoms with E-state index >= 15 is 0 Å². The highest BCUT2D eigenvalue weighted by Gasteiger charge is 2.47. The zero-order valence-corrected chi connectivity index (χ0v) is 9.38. The Labute approximate surface area is 86.2 Å². The molecule has 0 spiro atoms. The molecule has 3 heteroatoms. The molecule has 0 radical (unpaired) electrons. The van der Waals surface area contributed by atoms with Gasteiger partial charge in [0.25, 0.3) is 0 Å². The van der Waals surface area contributed by atoms with Gasteiger partial charge >= 0.3 is 0 Å². The van der Waals surface area contributed by atoms with Crippen molar-refractivity contribution in [3.63, 3.8) is 0 Å². The lowest BCUT2D eigenvalue weighted by Gasteiger charge is -2.22. The van der Waals surface area contributed by atoms with Crippen molar-refractivity contribution in [1.29, 1.82) is 0 Å². The Bertz CT molecular complexity index is 194. The Morgan fingerprint density at radius 2 is 1.86 bits per heavy atom. The molecule has 3 nitrogen and oxygen atoms in total. The van der Waals surface area contributed by atoms with Crippen molar-refractivity contribution < 1.29 is 9.47 Å². The highest BCUT2D eigenvalue weighted by atomic mass is 16.8. The number of epoxide rings is 1. The Balaban J connectivity index is 1.75. The van der Waals surface area contributed by atoms with Crippen molar-refractivity contribution in [2.24, 2.45) is 5.92 Å². The van der Waals surface area contributed by atoms with E-state index in [2.05, 4.69) is 26.1 Å². The predicted octanol–water partition coefficient (Wildman–Crippen LogP) is 1.53. The van der Waals surface area contributed by atoms with E-state index < -0.39 is 0 Å². The molecule has 0 bridgehead atoms. The van der Waals surface area contributed by atoms with E-state index in [1.54, 1.807) is 0 Å². The van der Waals surface area contributed by atoms with Gasteiger partial charge in [-0.05, 0) is 52.6 Å². The van der Waals surface area contributed by atoms with Gasteiger partial charge < -0.3 is 14.8 Å². The summed E-state index contributed by atoms with van der Waals surface area (Å²) >= 11 is 0. The van der Waals surface area contributed by atoms with Crippen LogP contribution in [-0.4, -0.2) is 31.1 Å². The van der Waals surface area contributed by atoms with Crippen LogP contribution in [0.3, 0.4) is 0 Å². The number of nitrogens with one attached hydrogen (secondary N) is 1. The van der Waals surface area contributed by atoms with Crippen molar-refractivity contribution in [3.05, 3.63) is 0 Å². The fraction of sp³-hybridized carbons (Fsp3) is 1.00. The van der Waals surface area contributed by atoms with Crippen LogP contribution in [0.15, 0.2) is 0 Å². The van der Waals surface area contributed by atoms with Gasteiger partial charge in [0.15, 0.2) is 6.29 Å². The van der Waals surface area contributed by atoms with Gasteiger partial charge in [0.05, 0.1) is 5.60 Å². The predicted molar refractivity (Wildman–Crippen MR) is 55.1 cm³/mol. The summed E-state index contributed by atoms with van der Waals surface area (Å²) in [5, 5.41) is 3.36. The fourth-order valence-corrected chi connectivity index (χ4v) is 2.06. The average molecular weight is 199 g/mol. The Kier molecular flexibility index (Phi) is 2.82. The quantitative estimate of drug-likeness (QED) is 0.685. The lowest BCUT2D eigenvalue weighted by molar-refractivity contribution is -0.0572. The second kappa shape index (κ2) is 3.80. The first-order valence-corrected chi connectivity index (χ1v) is 5.60. The zero-order valence-electron chi connectivity index (χ0n) is 9.38. The third-order valence-electron chi connectivity index (χ3n) is 2.80. The van der Waals surface area contributed by atoms with Gasteiger partial charge in [-0.2, -0.15) is 0 Å². The van der Waals surface area contributed by atoms with Gasteiger partial charge in [-0.25, -0.2) is 0 Å². The highest BCUT2D eigenvalue weighted by Crippen LogP contribution is 2.37. The summed E-state index contributed by atoms with van der Waals surface area (Å²) in [6.45, 7) is 8.50. The van der Waals surface area contributed by atoms with E-state index in [9.17, 15) is 0 Å². The molecule has 2 rings (SSSR count). The smallest absolute Gasteiger partial charge is 0.185 e. The van der Waals surface area contributed by atoms with Crippen LogP contribution in [0.25, 0.3) is 0 Å². The van der Waals surface area contributed by atoms with Crippen molar-refractivity contribution >= 4 is 0 Å². The molecule has 0 aromatic carbocycles. The second-order valence-corrected chi connectivity index (χ2v) is 5.29. The van der Waals surface area contributed by atoms with Crippen LogP contribution >= 0.6 is 0 Å². The molecule has 1 N–H and O–H groups in total. The second-order valence-electron chi connectivity index (χ2n) is 5.29. The van der Waals surface area contributed by atoms with Gasteiger partial charge in [0, 0.05) is 0 Å². The third-order valence-corrected chi connectivity index (χ3v) is 2.80. The molecule has 2 aliphatic rings. The molecular formula is C11H21NO2. The third kappa shape index (κ3) is 2.69. The Hall–Kier alpha value is -0.120. The number of ether oxygens (including phenoxy) is 2. The molecule has 2 atom stereocenters. The lowest BCUT2D eigenvalue weighted by atomic mass is 9.94. The summed E-state index contributed by atoms with van der Waals surface area (Å²) in [6.07, 6.45) is 2.90. The van der Waals surface area contributed by atoms with Gasteiger partial charge in [-0.3, -0.25) is 0 Å². The summed E-state index contributed by atoms with van der Waals surface area (Å²) in [6, 6.07) is 0. The maximum Gasteiger partial charge on any atom is 0.185 e. The molecule has 14 heavy (non-hydrogen) atoms. The summed E-state index contributed by atoms with van der Waals surface area (Å²) in [5.74, 6) is 0.712. The van der Waals surface area contributed by atoms with Crippen LogP contribution in [0.2, 0.25) is 0 Å². The molecule has 0 saturated carbocycles. The largest absolute Gasteiger partial charge is 0.344 e. The number of piperidine rings is 1. The van der Waals surface area contributed by atoms with Crippen LogP contribution in [0.5, 0.6) is 0 Å². The SMILES string of the molecule is CC(C)(C)OC1OC1C1CCNCC1. The first kappa shape index (κ1) is 10.4. The standard InChI is InChI=1S/C11H21NO2/c1-11(2,3)14-10-9(13-10)8-4-6-12-7-5-8/h8-10,12H,4-7H2,1-3H3. The zero-order chi connectivity index (χ0) is 10.2. The molecule has 2 saturated heterocycles. The van der Waals surface area contributed by atoms with Crippen molar-refractivity contribution in [1.82, 2.24) is 5.32 Å². The maximum atomic E-state index is 5.77. The molecular weight excluding hydrogens is 178 g/mol. The Morgan fingerprint density at radius 3 is 2.43 bits per heavy atom. The highest BCUT2D eigenvalue weighted by molar-refractivity contribution is 4.88. The number of hydrogen-bond acceptors (Lipinski definition) is 3. The summed E-state index contributed by atoms with van der Waals surface area (Å²) in [5.41, 5.74) is -0.0771. The number of rotatable bonds is 2. The van der Waals surface area contributed by atoms with Crippen molar-refractivity contribution in [3.8, 4) is 0 Å². The molecule has 0 aromatic rings. The molecule has 0 amide bonds. The van der Waals surface area contributed by atoms with Gasteiger partial charge in [0.2, 0.25) is 0 Å². The molecule has 2 fully saturated rings. The molecule has 0 aromatic heterocycles. The molecule has 2 unspecified atom stereocenters. The van der Waals surface area contributed by atoms with E-state index in [0.717, 1.165) is 13.1 Å². The van der Waals surface area contributed by atoms with Crippen LogP contribution < -0.4 is 5.32 Å². The first-order valence-electron chi connectivity index (χ1n) is 5.60. The van der Waals surface area contributed by atoms with Gasteiger partial charge in [-0.1, -0.05) is 0 Å². The summed E-state index contributed by atoms with van der Waals surface area (Å²) in [7, 11) is 0. The minimum absolute atomic E-state index is 0.0677. The summed E-state index contributed by atoms with van der Waals surface area (Å²) in [4.78, 5) is 0. The average Bonchev–Trinajstić information content (AvgIpc) is 2.82. The van der Waals surface area contributed by atoms with Crippen LogP contribution in [0, 0.1) is 5.92 Å². The van der Waals surface area contributed by atoms with E-state index in [1.807, 2.05) is 0 Å². The van der Waals surface area contributed by atoms with Crippen LogP contribution in [0.1, 0.15) is 33.6 Å². The fourth-order valence-electron chi connectivity index (χ4n) is 2.06. The van der Waals surface area contributed by atoms with E-state index in [1.165, 1.54) is 12.8 Å². The van der Waals surface area contributed by atoms with E-state index in [4.69, 9.17) is 9.47 Å². The van der Waals surface area contributed by atoms with Gasteiger partial charge in [-0.15, -0.1) is 0 Å².